The first-order valence-corrected chi connectivity index (χ1v) is 7.11. The van der Waals surface area contributed by atoms with Gasteiger partial charge in [-0.1, -0.05) is 24.4 Å². The normalized spacial score (nSPS) is 15.7. The van der Waals surface area contributed by atoms with Crippen LogP contribution >= 0.6 is 11.6 Å². The summed E-state index contributed by atoms with van der Waals surface area (Å²) in [6, 6.07) is 6.03. The van der Waals surface area contributed by atoms with Crippen molar-refractivity contribution in [2.24, 2.45) is 0 Å². The molecule has 1 heterocycles. The summed E-state index contributed by atoms with van der Waals surface area (Å²) >= 11 is 6.07. The van der Waals surface area contributed by atoms with Gasteiger partial charge in [0.2, 0.25) is 0 Å². The van der Waals surface area contributed by atoms with Crippen molar-refractivity contribution in [2.75, 3.05) is 5.73 Å². The Morgan fingerprint density at radius 3 is 2.60 bits per heavy atom. The molecule has 0 aliphatic heterocycles. The van der Waals surface area contributed by atoms with Crippen LogP contribution in [0.4, 0.5) is 10.2 Å². The van der Waals surface area contributed by atoms with Gasteiger partial charge < -0.3 is 5.73 Å². The molecule has 1 aromatic carbocycles. The summed E-state index contributed by atoms with van der Waals surface area (Å²) in [7, 11) is 0. The average molecular weight is 292 g/mol. The number of rotatable bonds is 2. The van der Waals surface area contributed by atoms with E-state index in [2.05, 4.69) is 9.97 Å². The Kier molecular flexibility index (Phi) is 3.57. The maximum absolute atomic E-state index is 13.1. The maximum atomic E-state index is 13.1. The summed E-state index contributed by atoms with van der Waals surface area (Å²) in [6.07, 6.45) is 4.71. The number of benzene rings is 1. The topological polar surface area (TPSA) is 51.8 Å². The molecule has 5 heteroatoms. The van der Waals surface area contributed by atoms with Crippen LogP contribution in [0.3, 0.4) is 0 Å². The van der Waals surface area contributed by atoms with E-state index in [-0.39, 0.29) is 5.82 Å². The third-order valence-corrected chi connectivity index (χ3v) is 4.02. The first-order valence-electron chi connectivity index (χ1n) is 6.73. The lowest BCUT2D eigenvalue weighted by molar-refractivity contribution is 0.628. The molecule has 0 bridgehead atoms. The number of anilines is 1. The number of nitrogen functional groups attached to an aromatic ring is 1. The van der Waals surface area contributed by atoms with Crippen LogP contribution in [0.2, 0.25) is 5.02 Å². The fourth-order valence-electron chi connectivity index (χ4n) is 2.71. The summed E-state index contributed by atoms with van der Waals surface area (Å²) in [5.74, 6) is 0.964. The molecule has 1 aliphatic carbocycles. The van der Waals surface area contributed by atoms with Crippen molar-refractivity contribution in [3.05, 3.63) is 40.8 Å². The zero-order valence-electron chi connectivity index (χ0n) is 10.9. The van der Waals surface area contributed by atoms with Crippen molar-refractivity contribution in [3.8, 4) is 11.4 Å². The molecule has 0 amide bonds. The standard InChI is InChI=1S/C15H15ClFN3/c16-12-7-10(17)5-6-11(12)15-19-13(8-14(18)20-15)9-3-1-2-4-9/h5-9H,1-4H2,(H2,18,19,20). The summed E-state index contributed by atoms with van der Waals surface area (Å²) in [5, 5.41) is 0.299. The molecular weight excluding hydrogens is 277 g/mol. The van der Waals surface area contributed by atoms with Crippen molar-refractivity contribution in [1.82, 2.24) is 9.97 Å². The van der Waals surface area contributed by atoms with E-state index in [1.807, 2.05) is 6.07 Å². The zero-order valence-corrected chi connectivity index (χ0v) is 11.7. The lowest BCUT2D eigenvalue weighted by Crippen LogP contribution is -2.03. The largest absolute Gasteiger partial charge is 0.384 e. The monoisotopic (exact) mass is 291 g/mol. The second-order valence-electron chi connectivity index (χ2n) is 5.15. The van der Waals surface area contributed by atoms with Crippen LogP contribution < -0.4 is 5.73 Å². The molecule has 0 unspecified atom stereocenters. The lowest BCUT2D eigenvalue weighted by atomic mass is 10.0. The van der Waals surface area contributed by atoms with E-state index in [1.54, 1.807) is 6.07 Å². The number of hydrogen-bond donors (Lipinski definition) is 1. The molecule has 3 rings (SSSR count). The number of halogens is 2. The Labute approximate surface area is 122 Å². The highest BCUT2D eigenvalue weighted by Gasteiger charge is 2.20. The smallest absolute Gasteiger partial charge is 0.163 e. The van der Waals surface area contributed by atoms with Gasteiger partial charge in [-0.3, -0.25) is 0 Å². The third kappa shape index (κ3) is 2.61. The molecule has 1 fully saturated rings. The Morgan fingerprint density at radius 1 is 1.15 bits per heavy atom. The van der Waals surface area contributed by atoms with Gasteiger partial charge in [0.05, 0.1) is 5.02 Å². The Bertz CT molecular complexity index is 639. The molecule has 1 saturated carbocycles. The van der Waals surface area contributed by atoms with Crippen LogP contribution in [-0.4, -0.2) is 9.97 Å². The average Bonchev–Trinajstić information content (AvgIpc) is 2.91. The van der Waals surface area contributed by atoms with Crippen molar-refractivity contribution in [3.63, 3.8) is 0 Å². The molecular formula is C15H15ClFN3. The van der Waals surface area contributed by atoms with Gasteiger partial charge in [-0.15, -0.1) is 0 Å². The van der Waals surface area contributed by atoms with Gasteiger partial charge in [0.15, 0.2) is 5.82 Å². The molecule has 1 aromatic heterocycles. The van der Waals surface area contributed by atoms with Crippen molar-refractivity contribution in [2.45, 2.75) is 31.6 Å². The van der Waals surface area contributed by atoms with Crippen LogP contribution in [0, 0.1) is 5.82 Å². The predicted molar refractivity (Wildman–Crippen MR) is 78.1 cm³/mol. The number of aromatic nitrogens is 2. The predicted octanol–water partition coefficient (Wildman–Crippen LogP) is 4.18. The minimum absolute atomic E-state index is 0.299. The van der Waals surface area contributed by atoms with Crippen LogP contribution in [0.15, 0.2) is 24.3 Å². The zero-order chi connectivity index (χ0) is 14.1. The molecule has 0 saturated heterocycles. The Balaban J connectivity index is 2.04. The second-order valence-corrected chi connectivity index (χ2v) is 5.55. The molecule has 0 spiro atoms. The van der Waals surface area contributed by atoms with Crippen LogP contribution in [0.25, 0.3) is 11.4 Å². The molecule has 2 N–H and O–H groups in total. The van der Waals surface area contributed by atoms with E-state index in [0.29, 0.717) is 28.1 Å². The molecule has 104 valence electrons. The quantitative estimate of drug-likeness (QED) is 0.903. The van der Waals surface area contributed by atoms with Crippen LogP contribution in [0.1, 0.15) is 37.3 Å². The molecule has 0 radical (unpaired) electrons. The summed E-state index contributed by atoms with van der Waals surface area (Å²) in [5.41, 5.74) is 7.45. The van der Waals surface area contributed by atoms with E-state index >= 15 is 0 Å². The lowest BCUT2D eigenvalue weighted by Gasteiger charge is -2.11. The first kappa shape index (κ1) is 13.3. The molecule has 2 aromatic rings. The molecule has 20 heavy (non-hydrogen) atoms. The molecule has 3 nitrogen and oxygen atoms in total. The molecule has 0 atom stereocenters. The van der Waals surface area contributed by atoms with Gasteiger partial charge in [-0.05, 0) is 31.0 Å². The van der Waals surface area contributed by atoms with Gasteiger partial charge in [0.1, 0.15) is 11.6 Å². The highest BCUT2D eigenvalue weighted by atomic mass is 35.5. The van der Waals surface area contributed by atoms with E-state index in [4.69, 9.17) is 17.3 Å². The van der Waals surface area contributed by atoms with Crippen molar-refractivity contribution in [1.29, 1.82) is 0 Å². The Morgan fingerprint density at radius 2 is 1.90 bits per heavy atom. The number of hydrogen-bond acceptors (Lipinski definition) is 3. The third-order valence-electron chi connectivity index (χ3n) is 3.71. The summed E-state index contributed by atoms with van der Waals surface area (Å²) in [6.45, 7) is 0. The fourth-order valence-corrected chi connectivity index (χ4v) is 2.96. The Hall–Kier alpha value is -1.68. The fraction of sp³-hybridized carbons (Fsp3) is 0.333. The van der Waals surface area contributed by atoms with Gasteiger partial charge in [-0.25, -0.2) is 14.4 Å². The second kappa shape index (κ2) is 5.37. The highest BCUT2D eigenvalue weighted by Crippen LogP contribution is 2.35. The first-order chi connectivity index (χ1) is 9.63. The van der Waals surface area contributed by atoms with Gasteiger partial charge in [-0.2, -0.15) is 0 Å². The van der Waals surface area contributed by atoms with Gasteiger partial charge in [0, 0.05) is 23.2 Å². The van der Waals surface area contributed by atoms with Crippen LogP contribution in [-0.2, 0) is 0 Å². The van der Waals surface area contributed by atoms with E-state index in [1.165, 1.54) is 25.0 Å². The molecule has 1 aliphatic rings. The van der Waals surface area contributed by atoms with Gasteiger partial charge >= 0.3 is 0 Å². The maximum Gasteiger partial charge on any atom is 0.163 e. The van der Waals surface area contributed by atoms with Gasteiger partial charge in [0.25, 0.3) is 0 Å². The van der Waals surface area contributed by atoms with E-state index in [9.17, 15) is 4.39 Å². The SMILES string of the molecule is Nc1cc(C2CCCC2)nc(-c2ccc(F)cc2Cl)n1. The summed E-state index contributed by atoms with van der Waals surface area (Å²) < 4.78 is 13.1. The van der Waals surface area contributed by atoms with E-state index < -0.39 is 0 Å². The number of nitrogens with two attached hydrogens (primary N) is 1. The minimum atomic E-state index is -0.376. The van der Waals surface area contributed by atoms with Crippen molar-refractivity contribution < 1.29 is 4.39 Å². The minimum Gasteiger partial charge on any atom is -0.384 e. The van der Waals surface area contributed by atoms with Crippen molar-refractivity contribution >= 4 is 17.4 Å². The van der Waals surface area contributed by atoms with Crippen LogP contribution in [0.5, 0.6) is 0 Å². The summed E-state index contributed by atoms with van der Waals surface area (Å²) in [4.78, 5) is 8.80. The van der Waals surface area contributed by atoms with E-state index in [0.717, 1.165) is 18.5 Å². The highest BCUT2D eigenvalue weighted by molar-refractivity contribution is 6.33. The number of nitrogens with zero attached hydrogens (tertiary/aromatic N) is 2.